The van der Waals surface area contributed by atoms with Crippen molar-refractivity contribution in [2.24, 2.45) is 11.8 Å². The molecule has 1 atom stereocenters. The van der Waals surface area contributed by atoms with Crippen LogP contribution in [-0.4, -0.2) is 12.5 Å². The van der Waals surface area contributed by atoms with Crippen molar-refractivity contribution in [1.29, 1.82) is 0 Å². The van der Waals surface area contributed by atoms with Gasteiger partial charge in [0.05, 0.1) is 0 Å². The van der Waals surface area contributed by atoms with Gasteiger partial charge in [-0.15, -0.1) is 0 Å². The molecule has 1 fully saturated rings. The van der Waals surface area contributed by atoms with Gasteiger partial charge in [0.1, 0.15) is 0 Å². The Labute approximate surface area is 100 Å². The molecule has 0 spiro atoms. The highest BCUT2D eigenvalue weighted by atomic mass is 16.1. The Morgan fingerprint density at radius 2 is 2.00 bits per heavy atom. The van der Waals surface area contributed by atoms with Crippen LogP contribution in [0.2, 0.25) is 0 Å². The summed E-state index contributed by atoms with van der Waals surface area (Å²) in [6.45, 7) is 5.34. The third-order valence-electron chi connectivity index (χ3n) is 3.83. The summed E-state index contributed by atoms with van der Waals surface area (Å²) >= 11 is 0. The SMILES string of the molecule is CCCC[C@@H](CC)CNC(=O)C1CCCC1. The minimum atomic E-state index is 0.312. The Hall–Kier alpha value is -0.530. The summed E-state index contributed by atoms with van der Waals surface area (Å²) in [4.78, 5) is 11.8. The van der Waals surface area contributed by atoms with E-state index in [2.05, 4.69) is 19.2 Å². The lowest BCUT2D eigenvalue weighted by Gasteiger charge is -2.17. The molecule has 0 aromatic heterocycles. The first-order chi connectivity index (χ1) is 7.77. The smallest absolute Gasteiger partial charge is 0.223 e. The molecule has 2 heteroatoms. The van der Waals surface area contributed by atoms with Crippen LogP contribution in [0.3, 0.4) is 0 Å². The average molecular weight is 225 g/mol. The number of hydrogen-bond donors (Lipinski definition) is 1. The lowest BCUT2D eigenvalue weighted by Crippen LogP contribution is -2.33. The maximum absolute atomic E-state index is 11.8. The zero-order valence-electron chi connectivity index (χ0n) is 10.9. The van der Waals surface area contributed by atoms with E-state index in [1.807, 2.05) is 0 Å². The van der Waals surface area contributed by atoms with Crippen molar-refractivity contribution >= 4 is 5.91 Å². The van der Waals surface area contributed by atoms with Crippen molar-refractivity contribution in [3.05, 3.63) is 0 Å². The van der Waals surface area contributed by atoms with Gasteiger partial charge in [-0.25, -0.2) is 0 Å². The first kappa shape index (κ1) is 13.5. The van der Waals surface area contributed by atoms with Gasteiger partial charge < -0.3 is 5.32 Å². The molecule has 0 aromatic carbocycles. The van der Waals surface area contributed by atoms with Gasteiger partial charge in [0.25, 0.3) is 0 Å². The van der Waals surface area contributed by atoms with Crippen LogP contribution >= 0.6 is 0 Å². The minimum absolute atomic E-state index is 0.312. The van der Waals surface area contributed by atoms with Gasteiger partial charge in [-0.3, -0.25) is 4.79 Å². The van der Waals surface area contributed by atoms with Crippen LogP contribution in [0, 0.1) is 11.8 Å². The van der Waals surface area contributed by atoms with E-state index in [1.54, 1.807) is 0 Å². The molecule has 0 radical (unpaired) electrons. The van der Waals surface area contributed by atoms with E-state index >= 15 is 0 Å². The largest absolute Gasteiger partial charge is 0.356 e. The number of unbranched alkanes of at least 4 members (excludes halogenated alkanes) is 1. The Bertz CT molecular complexity index is 197. The molecule has 0 unspecified atom stereocenters. The molecule has 94 valence electrons. The van der Waals surface area contributed by atoms with Crippen molar-refractivity contribution in [2.75, 3.05) is 6.54 Å². The molecular formula is C14H27NO. The van der Waals surface area contributed by atoms with E-state index in [4.69, 9.17) is 0 Å². The third kappa shape index (κ3) is 4.54. The second-order valence-electron chi connectivity index (χ2n) is 5.14. The summed E-state index contributed by atoms with van der Waals surface area (Å²) in [7, 11) is 0. The van der Waals surface area contributed by atoms with E-state index in [0.717, 1.165) is 19.4 Å². The van der Waals surface area contributed by atoms with Crippen LogP contribution in [0.25, 0.3) is 0 Å². The first-order valence-corrected chi connectivity index (χ1v) is 7.05. The topological polar surface area (TPSA) is 29.1 Å². The van der Waals surface area contributed by atoms with E-state index in [0.29, 0.717) is 17.7 Å². The van der Waals surface area contributed by atoms with Gasteiger partial charge in [-0.1, -0.05) is 46.0 Å². The van der Waals surface area contributed by atoms with Gasteiger partial charge >= 0.3 is 0 Å². The Morgan fingerprint density at radius 1 is 1.31 bits per heavy atom. The van der Waals surface area contributed by atoms with Crippen LogP contribution in [0.5, 0.6) is 0 Å². The van der Waals surface area contributed by atoms with Gasteiger partial charge in [0.15, 0.2) is 0 Å². The molecule has 1 aliphatic carbocycles. The van der Waals surface area contributed by atoms with Crippen LogP contribution in [0.4, 0.5) is 0 Å². The van der Waals surface area contributed by atoms with E-state index in [-0.39, 0.29) is 0 Å². The minimum Gasteiger partial charge on any atom is -0.356 e. The number of carbonyl (C=O) groups is 1. The zero-order chi connectivity index (χ0) is 11.8. The highest BCUT2D eigenvalue weighted by Gasteiger charge is 2.22. The molecule has 16 heavy (non-hydrogen) atoms. The molecule has 2 nitrogen and oxygen atoms in total. The van der Waals surface area contributed by atoms with Crippen molar-refractivity contribution in [2.45, 2.75) is 65.2 Å². The summed E-state index contributed by atoms with van der Waals surface area (Å²) in [5, 5.41) is 3.15. The fourth-order valence-corrected chi connectivity index (χ4v) is 2.52. The predicted molar refractivity (Wildman–Crippen MR) is 68.3 cm³/mol. The van der Waals surface area contributed by atoms with Gasteiger partial charge in [-0.05, 0) is 25.2 Å². The molecular weight excluding hydrogens is 198 g/mol. The molecule has 1 aliphatic rings. The lowest BCUT2D eigenvalue weighted by atomic mass is 9.99. The summed E-state index contributed by atoms with van der Waals surface area (Å²) in [5.74, 6) is 1.32. The predicted octanol–water partition coefficient (Wildman–Crippen LogP) is 3.51. The van der Waals surface area contributed by atoms with Crippen LogP contribution in [0.15, 0.2) is 0 Å². The van der Waals surface area contributed by atoms with Gasteiger partial charge in [0.2, 0.25) is 5.91 Å². The normalized spacial score (nSPS) is 18.6. The first-order valence-electron chi connectivity index (χ1n) is 7.05. The quantitative estimate of drug-likeness (QED) is 0.706. The van der Waals surface area contributed by atoms with Gasteiger partial charge in [0, 0.05) is 12.5 Å². The second kappa shape index (κ2) is 7.70. The van der Waals surface area contributed by atoms with Gasteiger partial charge in [-0.2, -0.15) is 0 Å². The molecule has 0 saturated heterocycles. The van der Waals surface area contributed by atoms with Crippen molar-refractivity contribution in [1.82, 2.24) is 5.32 Å². The Kier molecular flexibility index (Phi) is 6.51. The van der Waals surface area contributed by atoms with Crippen LogP contribution in [-0.2, 0) is 4.79 Å². The number of nitrogens with one attached hydrogen (secondary N) is 1. The maximum atomic E-state index is 11.8. The number of carbonyl (C=O) groups excluding carboxylic acids is 1. The molecule has 0 bridgehead atoms. The molecule has 0 aromatic rings. The van der Waals surface area contributed by atoms with E-state index < -0.39 is 0 Å². The fourth-order valence-electron chi connectivity index (χ4n) is 2.52. The third-order valence-corrected chi connectivity index (χ3v) is 3.83. The summed E-state index contributed by atoms with van der Waals surface area (Å²) in [6.07, 6.45) is 9.69. The standard InChI is InChI=1S/C14H27NO/c1-3-5-8-12(4-2)11-15-14(16)13-9-6-7-10-13/h12-13H,3-11H2,1-2H3,(H,15,16)/t12-/m1/s1. The average Bonchev–Trinajstić information content (AvgIpc) is 2.82. The Balaban J connectivity index is 2.17. The van der Waals surface area contributed by atoms with Crippen LogP contribution < -0.4 is 5.32 Å². The highest BCUT2D eigenvalue weighted by molar-refractivity contribution is 5.78. The van der Waals surface area contributed by atoms with E-state index in [1.165, 1.54) is 38.5 Å². The molecule has 1 rings (SSSR count). The molecule has 1 amide bonds. The number of hydrogen-bond acceptors (Lipinski definition) is 1. The molecule has 0 aliphatic heterocycles. The number of rotatable bonds is 7. The second-order valence-corrected chi connectivity index (χ2v) is 5.14. The lowest BCUT2D eigenvalue weighted by molar-refractivity contribution is -0.125. The zero-order valence-corrected chi connectivity index (χ0v) is 10.9. The Morgan fingerprint density at radius 3 is 2.56 bits per heavy atom. The van der Waals surface area contributed by atoms with Crippen LogP contribution in [0.1, 0.15) is 65.2 Å². The van der Waals surface area contributed by atoms with Crippen molar-refractivity contribution in [3.63, 3.8) is 0 Å². The fraction of sp³-hybridized carbons (Fsp3) is 0.929. The molecule has 0 heterocycles. The highest BCUT2D eigenvalue weighted by Crippen LogP contribution is 2.24. The van der Waals surface area contributed by atoms with E-state index in [9.17, 15) is 4.79 Å². The molecule has 1 saturated carbocycles. The van der Waals surface area contributed by atoms with Crippen molar-refractivity contribution in [3.8, 4) is 0 Å². The maximum Gasteiger partial charge on any atom is 0.223 e. The summed E-state index contributed by atoms with van der Waals surface area (Å²) in [6, 6.07) is 0. The van der Waals surface area contributed by atoms with Crippen molar-refractivity contribution < 1.29 is 4.79 Å². The number of amides is 1. The monoisotopic (exact) mass is 225 g/mol. The summed E-state index contributed by atoms with van der Waals surface area (Å²) in [5.41, 5.74) is 0. The summed E-state index contributed by atoms with van der Waals surface area (Å²) < 4.78 is 0. The molecule has 1 N–H and O–H groups in total.